The molecule has 0 spiro atoms. The van der Waals surface area contributed by atoms with Gasteiger partial charge in [0.05, 0.1) is 27.7 Å². The van der Waals surface area contributed by atoms with E-state index in [4.69, 9.17) is 18.5 Å². The number of esters is 2. The number of likely N-dealkylation sites (N-methyl/N-ethyl adjacent to an activating group) is 1. The van der Waals surface area contributed by atoms with E-state index in [1.54, 1.807) is 0 Å². The highest BCUT2D eigenvalue weighted by molar-refractivity contribution is 7.45. The van der Waals surface area contributed by atoms with Crippen molar-refractivity contribution in [2.75, 3.05) is 47.5 Å². The summed E-state index contributed by atoms with van der Waals surface area (Å²) in [4.78, 5) is 38.1. The van der Waals surface area contributed by atoms with Gasteiger partial charge in [-0.15, -0.1) is 0 Å². The molecule has 0 aromatic heterocycles. The molecule has 86 heavy (non-hydrogen) atoms. The molecule has 0 saturated carbocycles. The Morgan fingerprint density at radius 1 is 0.372 bits per heavy atom. The number of carbonyl (C=O) groups is 2. The highest BCUT2D eigenvalue weighted by Gasteiger charge is 2.22. The van der Waals surface area contributed by atoms with Crippen LogP contribution in [-0.2, 0) is 32.7 Å². The van der Waals surface area contributed by atoms with Crippen LogP contribution in [0.5, 0.6) is 0 Å². The summed E-state index contributed by atoms with van der Waals surface area (Å²) in [7, 11) is 1.14. The van der Waals surface area contributed by atoms with Crippen molar-refractivity contribution in [3.8, 4) is 0 Å². The van der Waals surface area contributed by atoms with E-state index in [-0.39, 0.29) is 32.0 Å². The minimum absolute atomic E-state index is 0.0409. The van der Waals surface area contributed by atoms with E-state index in [1.807, 2.05) is 21.1 Å². The van der Waals surface area contributed by atoms with Crippen molar-refractivity contribution in [3.63, 3.8) is 0 Å². The first-order chi connectivity index (χ1) is 42.0. The Balaban J connectivity index is 4.15. The Hall–Kier alpha value is -3.59. The predicted octanol–water partition coefficient (Wildman–Crippen LogP) is 22.4. The smallest absolute Gasteiger partial charge is 0.306 e. The summed E-state index contributed by atoms with van der Waals surface area (Å²) in [6, 6.07) is 0. The molecule has 10 heteroatoms. The molecule has 0 saturated heterocycles. The first-order valence-corrected chi connectivity index (χ1v) is 36.7. The van der Waals surface area contributed by atoms with Gasteiger partial charge >= 0.3 is 11.9 Å². The lowest BCUT2D eigenvalue weighted by Gasteiger charge is -2.28. The molecule has 0 amide bonds. The molecule has 0 aromatic rings. The number of hydrogen-bond acceptors (Lipinski definition) is 8. The lowest BCUT2D eigenvalue weighted by atomic mass is 10.0. The molecule has 0 rings (SSSR count). The van der Waals surface area contributed by atoms with Crippen LogP contribution in [-0.4, -0.2) is 70.0 Å². The number of hydrogen-bond donors (Lipinski definition) is 0. The summed E-state index contributed by atoms with van der Waals surface area (Å²) in [5.74, 6) is -0.859. The van der Waals surface area contributed by atoms with Crippen molar-refractivity contribution in [1.29, 1.82) is 0 Å². The number of carbonyl (C=O) groups excluding carboxylic acids is 2. The van der Waals surface area contributed by atoms with Gasteiger partial charge in [0.2, 0.25) is 0 Å². The van der Waals surface area contributed by atoms with Crippen LogP contribution in [0.1, 0.15) is 296 Å². The second kappa shape index (κ2) is 65.8. The predicted molar refractivity (Wildman–Crippen MR) is 369 cm³/mol. The monoisotopic (exact) mass is 1220 g/mol. The second-order valence-corrected chi connectivity index (χ2v) is 25.9. The van der Waals surface area contributed by atoms with Gasteiger partial charge in [-0.25, -0.2) is 0 Å². The maximum atomic E-state index is 12.9. The van der Waals surface area contributed by atoms with Gasteiger partial charge in [0.1, 0.15) is 19.8 Å². The molecule has 2 unspecified atom stereocenters. The Morgan fingerprint density at radius 3 is 0.988 bits per heavy atom. The lowest BCUT2D eigenvalue weighted by molar-refractivity contribution is -0.870. The van der Waals surface area contributed by atoms with E-state index in [2.05, 4.69) is 135 Å². The van der Waals surface area contributed by atoms with Gasteiger partial charge in [-0.1, -0.05) is 315 Å². The normalized spacial score (nSPS) is 13.9. The fraction of sp³-hybridized carbons (Fsp3) is 0.711. The van der Waals surface area contributed by atoms with Crippen molar-refractivity contribution in [2.45, 2.75) is 302 Å². The van der Waals surface area contributed by atoms with E-state index in [0.29, 0.717) is 17.4 Å². The third-order valence-corrected chi connectivity index (χ3v) is 16.0. The average Bonchev–Trinajstić information content (AvgIpc) is 3.56. The Kier molecular flexibility index (Phi) is 63.1. The Morgan fingerprint density at radius 2 is 0.663 bits per heavy atom. The molecule has 0 aromatic carbocycles. The number of nitrogens with zero attached hydrogens (tertiary/aromatic N) is 1. The molecule has 0 N–H and O–H groups in total. The average molecular weight is 1220 g/mol. The summed E-state index contributed by atoms with van der Waals surface area (Å²) in [6.07, 6.45) is 94.2. The largest absolute Gasteiger partial charge is 0.756 e. The Labute approximate surface area is 530 Å². The van der Waals surface area contributed by atoms with Crippen LogP contribution < -0.4 is 4.89 Å². The van der Waals surface area contributed by atoms with Crippen molar-refractivity contribution in [3.05, 3.63) is 122 Å². The zero-order chi connectivity index (χ0) is 62.6. The summed E-state index contributed by atoms with van der Waals surface area (Å²) in [5.41, 5.74) is 0. The molecule has 494 valence electrons. The van der Waals surface area contributed by atoms with Gasteiger partial charge < -0.3 is 27.9 Å². The van der Waals surface area contributed by atoms with Crippen molar-refractivity contribution < 1.29 is 42.1 Å². The third-order valence-electron chi connectivity index (χ3n) is 15.0. The topological polar surface area (TPSA) is 111 Å². The molecular weight excluding hydrogens is 1090 g/mol. The van der Waals surface area contributed by atoms with Crippen LogP contribution in [0.15, 0.2) is 122 Å². The zero-order valence-corrected chi connectivity index (χ0v) is 57.1. The van der Waals surface area contributed by atoms with Crippen LogP contribution in [0.25, 0.3) is 0 Å². The summed E-state index contributed by atoms with van der Waals surface area (Å²) in [6.45, 7) is 4.12. The quantitative estimate of drug-likeness (QED) is 0.0195. The van der Waals surface area contributed by atoms with Crippen LogP contribution in [0.3, 0.4) is 0 Å². The molecule has 9 nitrogen and oxygen atoms in total. The number of phosphoric ester groups is 1. The summed E-state index contributed by atoms with van der Waals surface area (Å²) >= 11 is 0. The molecule has 0 aliphatic carbocycles. The molecule has 0 radical (unpaired) electrons. The number of unbranched alkanes of at least 4 members (excludes halogenated alkanes) is 30. The van der Waals surface area contributed by atoms with Gasteiger partial charge in [0.25, 0.3) is 7.82 Å². The van der Waals surface area contributed by atoms with Crippen molar-refractivity contribution in [2.24, 2.45) is 0 Å². The molecule has 0 aliphatic rings. The van der Waals surface area contributed by atoms with E-state index in [9.17, 15) is 19.0 Å². The minimum atomic E-state index is -4.66. The van der Waals surface area contributed by atoms with Gasteiger partial charge in [-0.2, -0.15) is 0 Å². The van der Waals surface area contributed by atoms with E-state index < -0.39 is 26.5 Å². The van der Waals surface area contributed by atoms with Gasteiger partial charge in [-0.3, -0.25) is 14.2 Å². The number of ether oxygens (including phenoxy) is 2. The van der Waals surface area contributed by atoms with Gasteiger partial charge in [-0.05, 0) is 89.9 Å². The standard InChI is InChI=1S/C76H132NO8P/c1-6-8-10-12-14-16-18-20-22-24-26-28-30-32-34-35-36-37-38-39-40-41-43-45-47-49-51-53-55-57-59-61-63-65-67-69-76(79)85-74(73-84-86(80,81)83-71-70-77(3,4)5)72-82-75(78)68-66-64-62-60-58-56-54-52-50-48-46-44-42-33-31-29-27-25-23-21-19-17-15-13-11-9-7-2/h8,10,14,16,20,22,26,28,32,34,36-37,39-40,43,45,49,51,55,57,74H,6-7,9,11-13,15,17-19,21,23-25,27,29-31,33,35,38,41-42,44,46-48,50,52-54,56,58-73H2,1-5H3/b10-8-,16-14-,22-20-,28-26-,34-32-,37-36-,40-39-,45-43-,51-49-,57-55-. The zero-order valence-electron chi connectivity index (χ0n) is 56.2. The second-order valence-electron chi connectivity index (χ2n) is 24.5. The SMILES string of the molecule is CC/C=C\C/C=C\C/C=C\C/C=C\C/C=C\C/C=C\C/C=C\C/C=C\C/C=C\C/C=C\CCCCCCC(=O)OC(COC(=O)CCCCCCCCCCCCCCCCCCCCCCCCCCCCC)COP(=O)([O-])OCC[N+](C)(C)C. The molecule has 0 bridgehead atoms. The number of quaternary nitrogens is 1. The number of rotatable bonds is 64. The van der Waals surface area contributed by atoms with Gasteiger partial charge in [0.15, 0.2) is 6.10 Å². The fourth-order valence-corrected chi connectivity index (χ4v) is 10.4. The Bertz CT molecular complexity index is 1870. The van der Waals surface area contributed by atoms with Crippen LogP contribution in [0.2, 0.25) is 0 Å². The van der Waals surface area contributed by atoms with Crippen LogP contribution in [0, 0.1) is 0 Å². The van der Waals surface area contributed by atoms with Crippen molar-refractivity contribution in [1.82, 2.24) is 0 Å². The number of phosphoric acid groups is 1. The highest BCUT2D eigenvalue weighted by atomic mass is 31.2. The maximum Gasteiger partial charge on any atom is 0.306 e. The lowest BCUT2D eigenvalue weighted by Crippen LogP contribution is -2.37. The van der Waals surface area contributed by atoms with Crippen LogP contribution >= 0.6 is 7.82 Å². The third kappa shape index (κ3) is 69.5. The first-order valence-electron chi connectivity index (χ1n) is 35.2. The van der Waals surface area contributed by atoms with E-state index in [0.717, 1.165) is 109 Å². The molecule has 0 aliphatic heterocycles. The summed E-state index contributed by atoms with van der Waals surface area (Å²) < 4.78 is 34.3. The molecular formula is C76H132NO8P. The fourth-order valence-electron chi connectivity index (χ4n) is 9.63. The van der Waals surface area contributed by atoms with Crippen molar-refractivity contribution >= 4 is 19.8 Å². The van der Waals surface area contributed by atoms with E-state index >= 15 is 0 Å². The maximum absolute atomic E-state index is 12.9. The molecule has 0 fully saturated rings. The van der Waals surface area contributed by atoms with E-state index in [1.165, 1.54) is 154 Å². The highest BCUT2D eigenvalue weighted by Crippen LogP contribution is 2.38. The molecule has 0 heterocycles. The number of allylic oxidation sites excluding steroid dienone is 20. The van der Waals surface area contributed by atoms with Crippen LogP contribution in [0.4, 0.5) is 0 Å². The molecule has 2 atom stereocenters. The first kappa shape index (κ1) is 82.4. The van der Waals surface area contributed by atoms with Gasteiger partial charge in [0, 0.05) is 12.8 Å². The summed E-state index contributed by atoms with van der Waals surface area (Å²) in [5, 5.41) is 0. The minimum Gasteiger partial charge on any atom is -0.756 e.